The number of hydrogen-bond acceptors (Lipinski definition) is 6. The quantitative estimate of drug-likeness (QED) is 0.345. The van der Waals surface area contributed by atoms with Gasteiger partial charge in [-0.15, -0.1) is 0 Å². The van der Waals surface area contributed by atoms with Gasteiger partial charge in [0, 0.05) is 6.54 Å². The number of ether oxygens (including phenoxy) is 1. The molecular weight excluding hydrogens is 553 g/mol. The van der Waals surface area contributed by atoms with Crippen LogP contribution in [0.5, 0.6) is 0 Å². The van der Waals surface area contributed by atoms with Crippen LogP contribution in [0.1, 0.15) is 86.6 Å². The molecule has 2 saturated heterocycles. The third kappa shape index (κ3) is 6.53. The highest BCUT2D eigenvalue weighted by molar-refractivity contribution is 6.47. The van der Waals surface area contributed by atoms with Crippen LogP contribution < -0.4 is 5.32 Å². The molecule has 1 N–H and O–H groups in total. The maximum absolute atomic E-state index is 13.6. The van der Waals surface area contributed by atoms with Gasteiger partial charge in [0.2, 0.25) is 5.91 Å². The zero-order chi connectivity index (χ0) is 32.0. The summed E-state index contributed by atoms with van der Waals surface area (Å²) in [6.07, 6.45) is 3.64. The molecule has 240 valence electrons. The van der Waals surface area contributed by atoms with E-state index in [1.165, 1.54) is 0 Å². The molecule has 44 heavy (non-hydrogen) atoms. The van der Waals surface area contributed by atoms with Gasteiger partial charge in [-0.05, 0) is 79.1 Å². The molecule has 9 heteroatoms. The molecule has 2 unspecified atom stereocenters. The normalized spacial score (nSPS) is 32.6. The number of benzene rings is 1. The summed E-state index contributed by atoms with van der Waals surface area (Å²) in [4.78, 5) is 28.7. The largest absolute Gasteiger partial charge is 0.482 e. The Balaban J connectivity index is 1.24. The van der Waals surface area contributed by atoms with Gasteiger partial charge in [0.05, 0.1) is 29.8 Å². The molecule has 9 atom stereocenters. The Morgan fingerprint density at radius 1 is 1.18 bits per heavy atom. The summed E-state index contributed by atoms with van der Waals surface area (Å²) in [7, 11) is -0.585. The van der Waals surface area contributed by atoms with Gasteiger partial charge in [0.25, 0.3) is 0 Å². The number of rotatable bonds is 9. The number of nitrogens with zero attached hydrogens (tertiary/aromatic N) is 2. The predicted octanol–water partition coefficient (Wildman–Crippen LogP) is 6.04. The van der Waals surface area contributed by atoms with Gasteiger partial charge in [-0.1, -0.05) is 78.8 Å². The average molecular weight is 606 g/mol. The van der Waals surface area contributed by atoms with Crippen LogP contribution in [0.15, 0.2) is 30.3 Å². The van der Waals surface area contributed by atoms with Crippen LogP contribution in [0, 0.1) is 51.8 Å². The smallest absolute Gasteiger partial charge is 0.447 e. The van der Waals surface area contributed by atoms with Crippen molar-refractivity contribution in [3.05, 3.63) is 35.9 Å². The second-order valence-corrected chi connectivity index (χ2v) is 16.2. The SMILES string of the molecule is CC(CC(C)(C)C)C(C#N)C(=O)N1C[C@@H](C)C[C@@H]1COC(=O)N[C@@H](Cc1ccccc1)B1O[C@@H]2C[C@@H]3C[C@@H](C3(C)C)[C@]2(C)O1. The van der Waals surface area contributed by atoms with E-state index in [0.717, 1.165) is 31.2 Å². The maximum Gasteiger partial charge on any atom is 0.482 e. The van der Waals surface area contributed by atoms with Crippen molar-refractivity contribution < 1.29 is 23.6 Å². The molecule has 5 fully saturated rings. The highest BCUT2D eigenvalue weighted by Gasteiger charge is 2.68. The lowest BCUT2D eigenvalue weighted by atomic mass is 9.43. The number of carbonyl (C=O) groups excluding carboxylic acids is 2. The molecule has 2 aliphatic heterocycles. The summed E-state index contributed by atoms with van der Waals surface area (Å²) in [6, 6.07) is 12.1. The van der Waals surface area contributed by atoms with Crippen LogP contribution in [-0.4, -0.2) is 60.9 Å². The fourth-order valence-electron chi connectivity index (χ4n) is 8.79. The highest BCUT2D eigenvalue weighted by Crippen LogP contribution is 2.65. The molecule has 0 spiro atoms. The van der Waals surface area contributed by atoms with E-state index in [1.807, 2.05) is 37.3 Å². The van der Waals surface area contributed by atoms with Gasteiger partial charge in [-0.25, -0.2) is 4.79 Å². The summed E-state index contributed by atoms with van der Waals surface area (Å²) in [5.74, 6) is -0.0643. The van der Waals surface area contributed by atoms with E-state index in [1.54, 1.807) is 4.90 Å². The van der Waals surface area contributed by atoms with Gasteiger partial charge in [0.15, 0.2) is 0 Å². The van der Waals surface area contributed by atoms with Crippen molar-refractivity contribution in [3.8, 4) is 6.07 Å². The minimum atomic E-state index is -0.719. The van der Waals surface area contributed by atoms with Crippen molar-refractivity contribution in [2.24, 2.45) is 40.4 Å². The predicted molar refractivity (Wildman–Crippen MR) is 170 cm³/mol. The van der Waals surface area contributed by atoms with Crippen LogP contribution in [-0.2, 0) is 25.3 Å². The first kappa shape index (κ1) is 32.8. The first-order chi connectivity index (χ1) is 20.6. The first-order valence-electron chi connectivity index (χ1n) is 16.6. The van der Waals surface area contributed by atoms with Gasteiger partial charge in [-0.3, -0.25) is 4.79 Å². The molecule has 8 nitrogen and oxygen atoms in total. The van der Waals surface area contributed by atoms with Gasteiger partial charge < -0.3 is 24.3 Å². The standard InChI is InChI=1S/C35H52BN3O5/c1-22-14-26(39(20-22)31(40)27(19-37)23(2)18-33(3,4)5)21-42-32(41)38-30(15-24-12-10-9-11-13-24)36-43-29-17-25-16-28(34(25,6)7)35(29,8)44-36/h9-13,22-23,25-30H,14-18,20-21H2,1-8H3,(H,38,41)/t22-,23?,25-,26+,27?,28-,29+,30-,35-/m0/s1. The fraction of sp³-hybridized carbons (Fsp3) is 0.743. The van der Waals surface area contributed by atoms with E-state index in [4.69, 9.17) is 14.0 Å². The third-order valence-corrected chi connectivity index (χ3v) is 11.1. The van der Waals surface area contributed by atoms with E-state index in [9.17, 15) is 14.9 Å². The maximum atomic E-state index is 13.6. The van der Waals surface area contributed by atoms with Crippen molar-refractivity contribution in [1.29, 1.82) is 5.26 Å². The van der Waals surface area contributed by atoms with Gasteiger partial charge >= 0.3 is 13.2 Å². The lowest BCUT2D eigenvalue weighted by Crippen LogP contribution is -2.65. The summed E-state index contributed by atoms with van der Waals surface area (Å²) in [5, 5.41) is 13.0. The van der Waals surface area contributed by atoms with Crippen molar-refractivity contribution in [2.45, 2.75) is 111 Å². The second-order valence-electron chi connectivity index (χ2n) is 16.2. The Kier molecular flexibility index (Phi) is 9.19. The molecular formula is C35H52BN3O5. The van der Waals surface area contributed by atoms with Crippen LogP contribution >= 0.6 is 0 Å². The summed E-state index contributed by atoms with van der Waals surface area (Å²) >= 11 is 0. The van der Waals surface area contributed by atoms with Crippen molar-refractivity contribution in [3.63, 3.8) is 0 Å². The molecule has 1 aromatic rings. The van der Waals surface area contributed by atoms with Crippen LogP contribution in [0.4, 0.5) is 4.79 Å². The van der Waals surface area contributed by atoms with Crippen LogP contribution in [0.3, 0.4) is 0 Å². The Morgan fingerprint density at radius 2 is 1.89 bits per heavy atom. The molecule has 1 aromatic carbocycles. The molecule has 0 aromatic heterocycles. The van der Waals surface area contributed by atoms with Crippen molar-refractivity contribution in [1.82, 2.24) is 10.2 Å². The third-order valence-electron chi connectivity index (χ3n) is 11.1. The van der Waals surface area contributed by atoms with E-state index in [-0.39, 0.29) is 52.9 Å². The van der Waals surface area contributed by atoms with E-state index < -0.39 is 25.1 Å². The lowest BCUT2D eigenvalue weighted by molar-refractivity contribution is -0.199. The van der Waals surface area contributed by atoms with Crippen molar-refractivity contribution in [2.75, 3.05) is 13.2 Å². The molecule has 2 amide bonds. The number of nitriles is 1. The fourth-order valence-corrected chi connectivity index (χ4v) is 8.79. The molecule has 3 saturated carbocycles. The summed E-state index contributed by atoms with van der Waals surface area (Å²) in [6.45, 7) is 17.9. The monoisotopic (exact) mass is 605 g/mol. The number of likely N-dealkylation sites (tertiary alicyclic amines) is 1. The van der Waals surface area contributed by atoms with Crippen LogP contribution in [0.2, 0.25) is 0 Å². The molecule has 2 bridgehead atoms. The summed E-state index contributed by atoms with van der Waals surface area (Å²) in [5.41, 5.74) is 0.929. The minimum absolute atomic E-state index is 0.00803. The molecule has 5 aliphatic rings. The second kappa shape index (κ2) is 12.3. The lowest BCUT2D eigenvalue weighted by Gasteiger charge is -2.64. The number of nitrogens with one attached hydrogen (secondary N) is 1. The minimum Gasteiger partial charge on any atom is -0.447 e. The van der Waals surface area contributed by atoms with Gasteiger partial charge in [-0.2, -0.15) is 5.26 Å². The molecule has 3 aliphatic carbocycles. The van der Waals surface area contributed by atoms with E-state index >= 15 is 0 Å². The highest BCUT2D eigenvalue weighted by atomic mass is 16.7. The number of alkyl carbamates (subject to hydrolysis) is 1. The van der Waals surface area contributed by atoms with Crippen LogP contribution in [0.25, 0.3) is 0 Å². The van der Waals surface area contributed by atoms with Crippen molar-refractivity contribution >= 4 is 19.1 Å². The first-order valence-corrected chi connectivity index (χ1v) is 16.6. The van der Waals surface area contributed by atoms with Gasteiger partial charge in [0.1, 0.15) is 12.5 Å². The Bertz CT molecular complexity index is 1240. The molecule has 0 radical (unpaired) electrons. The molecule has 2 heterocycles. The summed E-state index contributed by atoms with van der Waals surface area (Å²) < 4.78 is 19.1. The Hall–Kier alpha value is -2.57. The zero-order valence-electron chi connectivity index (χ0n) is 28.0. The number of carbonyl (C=O) groups is 2. The Labute approximate surface area is 264 Å². The zero-order valence-corrected chi connectivity index (χ0v) is 28.0. The van der Waals surface area contributed by atoms with E-state index in [2.05, 4.69) is 59.9 Å². The number of amides is 2. The van der Waals surface area contributed by atoms with E-state index in [0.29, 0.717) is 24.8 Å². The molecule has 6 rings (SSSR count). The average Bonchev–Trinajstić information content (AvgIpc) is 3.50. The Morgan fingerprint density at radius 3 is 2.52 bits per heavy atom. The topological polar surface area (TPSA) is 101 Å². The number of hydrogen-bond donors (Lipinski definition) is 1.